The largest absolute Gasteiger partial charge is 0.349 e. The molecule has 1 aliphatic carbocycles. The van der Waals surface area contributed by atoms with E-state index in [2.05, 4.69) is 40.5 Å². The summed E-state index contributed by atoms with van der Waals surface area (Å²) in [5, 5.41) is 6.38. The van der Waals surface area contributed by atoms with Crippen molar-refractivity contribution in [1.82, 2.24) is 15.3 Å². The number of benzene rings is 1. The van der Waals surface area contributed by atoms with Gasteiger partial charge >= 0.3 is 0 Å². The van der Waals surface area contributed by atoms with Gasteiger partial charge in [0.05, 0.1) is 5.56 Å². The SMILES string of the molecule is CC(C)c1ccccc1Nc1ncc(C(=O)NC2CCCCCC2)cn1. The lowest BCUT2D eigenvalue weighted by Gasteiger charge is -2.16. The van der Waals surface area contributed by atoms with E-state index in [0.717, 1.165) is 18.5 Å². The molecule has 1 saturated carbocycles. The molecule has 1 heterocycles. The lowest BCUT2D eigenvalue weighted by Crippen LogP contribution is -2.34. The van der Waals surface area contributed by atoms with Crippen molar-refractivity contribution >= 4 is 17.5 Å². The fraction of sp³-hybridized carbons (Fsp3) is 0.476. The third kappa shape index (κ3) is 4.81. The van der Waals surface area contributed by atoms with Gasteiger partial charge in [0.2, 0.25) is 5.95 Å². The number of para-hydroxylation sites is 1. The van der Waals surface area contributed by atoms with Crippen LogP contribution in [-0.4, -0.2) is 21.9 Å². The molecule has 1 aromatic heterocycles. The molecule has 2 N–H and O–H groups in total. The van der Waals surface area contributed by atoms with Crippen molar-refractivity contribution < 1.29 is 4.79 Å². The maximum Gasteiger partial charge on any atom is 0.254 e. The average Bonchev–Trinajstić information content (AvgIpc) is 2.91. The quantitative estimate of drug-likeness (QED) is 0.759. The van der Waals surface area contributed by atoms with Crippen molar-refractivity contribution in [2.45, 2.75) is 64.3 Å². The van der Waals surface area contributed by atoms with Crippen molar-refractivity contribution in [2.75, 3.05) is 5.32 Å². The third-order valence-corrected chi connectivity index (χ3v) is 4.93. The fourth-order valence-corrected chi connectivity index (χ4v) is 3.44. The molecule has 3 rings (SSSR count). The first-order valence-corrected chi connectivity index (χ1v) is 9.62. The van der Waals surface area contributed by atoms with Gasteiger partial charge in [-0.1, -0.05) is 57.7 Å². The van der Waals surface area contributed by atoms with E-state index in [0.29, 0.717) is 17.4 Å². The fourth-order valence-electron chi connectivity index (χ4n) is 3.44. The number of nitrogens with zero attached hydrogens (tertiary/aromatic N) is 2. The Kier molecular flexibility index (Phi) is 6.21. The van der Waals surface area contributed by atoms with Gasteiger partial charge < -0.3 is 10.6 Å². The summed E-state index contributed by atoms with van der Waals surface area (Å²) >= 11 is 0. The Labute approximate surface area is 155 Å². The Bertz CT molecular complexity index is 719. The second-order valence-electron chi connectivity index (χ2n) is 7.32. The van der Waals surface area contributed by atoms with Gasteiger partial charge in [-0.05, 0) is 30.4 Å². The van der Waals surface area contributed by atoms with Gasteiger partial charge in [0.15, 0.2) is 0 Å². The summed E-state index contributed by atoms with van der Waals surface area (Å²) in [5.41, 5.74) is 2.72. The molecule has 1 aromatic carbocycles. The van der Waals surface area contributed by atoms with Gasteiger partial charge in [0.1, 0.15) is 0 Å². The van der Waals surface area contributed by atoms with Gasteiger partial charge in [-0.3, -0.25) is 4.79 Å². The first kappa shape index (κ1) is 18.4. The van der Waals surface area contributed by atoms with E-state index in [-0.39, 0.29) is 11.9 Å². The zero-order valence-corrected chi connectivity index (χ0v) is 15.7. The van der Waals surface area contributed by atoms with Crippen LogP contribution < -0.4 is 10.6 Å². The number of hydrogen-bond donors (Lipinski definition) is 2. The molecule has 0 spiro atoms. The second kappa shape index (κ2) is 8.79. The standard InChI is InChI=1S/C21H28N4O/c1-15(2)18-11-7-8-12-19(18)25-21-22-13-16(14-23-21)20(26)24-17-9-5-3-4-6-10-17/h7-8,11-15,17H,3-6,9-10H2,1-2H3,(H,24,26)(H,22,23,25). The first-order chi connectivity index (χ1) is 12.6. The molecule has 0 unspecified atom stereocenters. The van der Waals surface area contributed by atoms with Crippen LogP contribution in [0.4, 0.5) is 11.6 Å². The summed E-state index contributed by atoms with van der Waals surface area (Å²) in [6, 6.07) is 8.42. The van der Waals surface area contributed by atoms with Crippen LogP contribution in [0.15, 0.2) is 36.7 Å². The van der Waals surface area contributed by atoms with Crippen LogP contribution in [0.2, 0.25) is 0 Å². The minimum absolute atomic E-state index is 0.0777. The smallest absolute Gasteiger partial charge is 0.254 e. The summed E-state index contributed by atoms with van der Waals surface area (Å²) in [6.07, 6.45) is 10.3. The maximum atomic E-state index is 12.4. The lowest BCUT2D eigenvalue weighted by atomic mass is 10.0. The molecule has 1 amide bonds. The Morgan fingerprint density at radius 3 is 2.35 bits per heavy atom. The van der Waals surface area contributed by atoms with Crippen molar-refractivity contribution in [2.24, 2.45) is 0 Å². The predicted octanol–water partition coefficient (Wildman–Crippen LogP) is 4.80. The van der Waals surface area contributed by atoms with Crippen LogP contribution in [0.1, 0.15) is 74.2 Å². The highest BCUT2D eigenvalue weighted by Gasteiger charge is 2.16. The third-order valence-electron chi connectivity index (χ3n) is 4.93. The molecule has 0 atom stereocenters. The van der Waals surface area contributed by atoms with Crippen molar-refractivity contribution in [3.63, 3.8) is 0 Å². The summed E-state index contributed by atoms with van der Waals surface area (Å²) < 4.78 is 0. The van der Waals surface area contributed by atoms with Gasteiger partial charge in [-0.15, -0.1) is 0 Å². The number of anilines is 2. The maximum absolute atomic E-state index is 12.4. The minimum atomic E-state index is -0.0777. The number of nitrogens with one attached hydrogen (secondary N) is 2. The zero-order valence-electron chi connectivity index (χ0n) is 15.7. The zero-order chi connectivity index (χ0) is 18.4. The topological polar surface area (TPSA) is 66.9 Å². The van der Waals surface area contributed by atoms with Gasteiger partial charge in [-0.25, -0.2) is 9.97 Å². The van der Waals surface area contributed by atoms with E-state index in [4.69, 9.17) is 0 Å². The Morgan fingerprint density at radius 1 is 1.04 bits per heavy atom. The van der Waals surface area contributed by atoms with E-state index in [9.17, 15) is 4.79 Å². The minimum Gasteiger partial charge on any atom is -0.349 e. The summed E-state index contributed by atoms with van der Waals surface area (Å²) in [7, 11) is 0. The number of rotatable bonds is 5. The highest BCUT2D eigenvalue weighted by atomic mass is 16.1. The summed E-state index contributed by atoms with van der Waals surface area (Å²) in [6.45, 7) is 4.31. The Balaban J connectivity index is 1.64. The van der Waals surface area contributed by atoms with Gasteiger partial charge in [-0.2, -0.15) is 0 Å². The van der Waals surface area contributed by atoms with E-state index in [1.807, 2.05) is 18.2 Å². The highest BCUT2D eigenvalue weighted by molar-refractivity contribution is 5.93. The highest BCUT2D eigenvalue weighted by Crippen LogP contribution is 2.25. The number of hydrogen-bond acceptors (Lipinski definition) is 4. The molecule has 0 aliphatic heterocycles. The predicted molar refractivity (Wildman–Crippen MR) is 105 cm³/mol. The van der Waals surface area contributed by atoms with Gasteiger partial charge in [0.25, 0.3) is 5.91 Å². The van der Waals surface area contributed by atoms with Crippen molar-refractivity contribution in [3.8, 4) is 0 Å². The van der Waals surface area contributed by atoms with Crippen LogP contribution in [0, 0.1) is 0 Å². The number of carbonyl (C=O) groups excluding carboxylic acids is 1. The van der Waals surface area contributed by atoms with E-state index < -0.39 is 0 Å². The molecule has 5 nitrogen and oxygen atoms in total. The van der Waals surface area contributed by atoms with Crippen LogP contribution in [0.5, 0.6) is 0 Å². The molecule has 0 bridgehead atoms. The van der Waals surface area contributed by atoms with Crippen LogP contribution in [-0.2, 0) is 0 Å². The first-order valence-electron chi connectivity index (χ1n) is 9.62. The molecule has 1 aliphatic rings. The second-order valence-corrected chi connectivity index (χ2v) is 7.32. The number of carbonyl (C=O) groups is 1. The summed E-state index contributed by atoms with van der Waals surface area (Å²) in [4.78, 5) is 21.1. The molecule has 2 aromatic rings. The molecule has 138 valence electrons. The van der Waals surface area contributed by atoms with Crippen molar-refractivity contribution in [1.29, 1.82) is 0 Å². The summed E-state index contributed by atoms with van der Waals surface area (Å²) in [5.74, 6) is 0.832. The van der Waals surface area contributed by atoms with Crippen LogP contribution in [0.25, 0.3) is 0 Å². The van der Waals surface area contributed by atoms with E-state index >= 15 is 0 Å². The molecule has 1 fully saturated rings. The van der Waals surface area contributed by atoms with Crippen molar-refractivity contribution in [3.05, 3.63) is 47.8 Å². The molecule has 0 saturated heterocycles. The number of aromatic nitrogens is 2. The molecule has 26 heavy (non-hydrogen) atoms. The lowest BCUT2D eigenvalue weighted by molar-refractivity contribution is 0.0932. The monoisotopic (exact) mass is 352 g/mol. The molecule has 5 heteroatoms. The molecular weight excluding hydrogens is 324 g/mol. The van der Waals surface area contributed by atoms with E-state index in [1.54, 1.807) is 12.4 Å². The molecule has 0 radical (unpaired) electrons. The Morgan fingerprint density at radius 2 is 1.69 bits per heavy atom. The van der Waals surface area contributed by atoms with E-state index in [1.165, 1.54) is 31.2 Å². The Hall–Kier alpha value is -2.43. The van der Waals surface area contributed by atoms with Crippen LogP contribution in [0.3, 0.4) is 0 Å². The van der Waals surface area contributed by atoms with Gasteiger partial charge in [0, 0.05) is 24.1 Å². The molecular formula is C21H28N4O. The van der Waals surface area contributed by atoms with Crippen LogP contribution >= 0.6 is 0 Å². The average molecular weight is 352 g/mol. The number of amides is 1. The normalized spacial score (nSPS) is 15.5.